The van der Waals surface area contributed by atoms with E-state index in [1.807, 2.05) is 12.1 Å². The molecule has 26 heavy (non-hydrogen) atoms. The molecule has 0 saturated heterocycles. The van der Waals surface area contributed by atoms with E-state index in [9.17, 15) is 14.0 Å². The molecule has 0 unspecified atom stereocenters. The van der Waals surface area contributed by atoms with Crippen molar-refractivity contribution in [2.75, 3.05) is 20.8 Å². The third-order valence-corrected chi connectivity index (χ3v) is 3.55. The smallest absolute Gasteiger partial charge is 0.310 e. The molecular formula is C19H20FNO5. The molecule has 0 radical (unpaired) electrons. The van der Waals surface area contributed by atoms with Crippen molar-refractivity contribution in [1.29, 1.82) is 0 Å². The summed E-state index contributed by atoms with van der Waals surface area (Å²) in [6.45, 7) is -0.112. The van der Waals surface area contributed by atoms with Crippen molar-refractivity contribution >= 4 is 11.9 Å². The van der Waals surface area contributed by atoms with Crippen molar-refractivity contribution in [3.05, 3.63) is 59.4 Å². The van der Waals surface area contributed by atoms with Crippen LogP contribution in [0.15, 0.2) is 42.5 Å². The van der Waals surface area contributed by atoms with Gasteiger partial charge in [0, 0.05) is 6.54 Å². The first-order chi connectivity index (χ1) is 12.5. The van der Waals surface area contributed by atoms with Crippen molar-refractivity contribution in [3.63, 3.8) is 0 Å². The highest BCUT2D eigenvalue weighted by Gasteiger charge is 2.11. The molecule has 0 aliphatic heterocycles. The number of methoxy groups -OCH3 is 2. The number of rotatable bonds is 8. The lowest BCUT2D eigenvalue weighted by atomic mass is 10.1. The van der Waals surface area contributed by atoms with Crippen molar-refractivity contribution in [3.8, 4) is 11.5 Å². The van der Waals surface area contributed by atoms with Gasteiger partial charge in [0.2, 0.25) is 0 Å². The average molecular weight is 361 g/mol. The van der Waals surface area contributed by atoms with Crippen molar-refractivity contribution < 1.29 is 28.2 Å². The zero-order valence-electron chi connectivity index (χ0n) is 14.6. The Hall–Kier alpha value is -3.09. The first-order valence-corrected chi connectivity index (χ1v) is 7.89. The largest absolute Gasteiger partial charge is 0.497 e. The van der Waals surface area contributed by atoms with E-state index in [-0.39, 0.29) is 18.7 Å². The number of nitrogens with one attached hydrogen (secondary N) is 1. The minimum absolute atomic E-state index is 0.0963. The second kappa shape index (κ2) is 9.41. The van der Waals surface area contributed by atoms with Gasteiger partial charge in [0.25, 0.3) is 5.91 Å². The fourth-order valence-electron chi connectivity index (χ4n) is 2.22. The number of ether oxygens (including phenoxy) is 3. The third-order valence-electron chi connectivity index (χ3n) is 3.55. The highest BCUT2D eigenvalue weighted by Crippen LogP contribution is 2.18. The van der Waals surface area contributed by atoms with E-state index in [1.54, 1.807) is 25.3 Å². The monoisotopic (exact) mass is 361 g/mol. The standard InChI is InChI=1S/C19H20FNO5/c1-24-15-5-3-4-14(8-15)11-21-18(22)12-26-19(23)10-13-6-7-17(25-2)16(20)9-13/h3-9H,10-12H2,1-2H3,(H,21,22). The van der Waals surface area contributed by atoms with E-state index < -0.39 is 24.3 Å². The molecule has 0 bridgehead atoms. The Morgan fingerprint density at radius 3 is 2.54 bits per heavy atom. The molecule has 6 nitrogen and oxygen atoms in total. The molecule has 2 rings (SSSR count). The van der Waals surface area contributed by atoms with Crippen LogP contribution in [0.5, 0.6) is 11.5 Å². The topological polar surface area (TPSA) is 73.9 Å². The molecule has 0 saturated carbocycles. The van der Waals surface area contributed by atoms with Gasteiger partial charge in [0.05, 0.1) is 20.6 Å². The summed E-state index contributed by atoms with van der Waals surface area (Å²) in [5, 5.41) is 2.65. The number of carbonyl (C=O) groups is 2. The lowest BCUT2D eigenvalue weighted by Gasteiger charge is -2.08. The second-order valence-corrected chi connectivity index (χ2v) is 5.43. The molecule has 0 aliphatic carbocycles. The Kier molecular flexibility index (Phi) is 6.96. The Morgan fingerprint density at radius 2 is 1.85 bits per heavy atom. The van der Waals surface area contributed by atoms with Crippen LogP contribution in [-0.4, -0.2) is 32.7 Å². The molecule has 1 N–H and O–H groups in total. The summed E-state index contributed by atoms with van der Waals surface area (Å²) in [7, 11) is 2.92. The van der Waals surface area contributed by atoms with Gasteiger partial charge in [-0.2, -0.15) is 0 Å². The quantitative estimate of drug-likeness (QED) is 0.730. The van der Waals surface area contributed by atoms with Gasteiger partial charge < -0.3 is 19.5 Å². The maximum Gasteiger partial charge on any atom is 0.310 e. The fraction of sp³-hybridized carbons (Fsp3) is 0.263. The van der Waals surface area contributed by atoms with Gasteiger partial charge in [-0.05, 0) is 35.4 Å². The number of benzene rings is 2. The fourth-order valence-corrected chi connectivity index (χ4v) is 2.22. The van der Waals surface area contributed by atoms with Crippen LogP contribution in [0.1, 0.15) is 11.1 Å². The molecule has 0 aromatic heterocycles. The summed E-state index contributed by atoms with van der Waals surface area (Å²) in [6.07, 6.45) is -0.135. The molecule has 7 heteroatoms. The molecule has 0 spiro atoms. The van der Waals surface area contributed by atoms with Crippen LogP contribution in [0.3, 0.4) is 0 Å². The summed E-state index contributed by atoms with van der Waals surface area (Å²) in [4.78, 5) is 23.5. The number of carbonyl (C=O) groups excluding carboxylic acids is 2. The van der Waals surface area contributed by atoms with Gasteiger partial charge >= 0.3 is 5.97 Å². The minimum atomic E-state index is -0.619. The summed E-state index contributed by atoms with van der Waals surface area (Å²) < 4.78 is 28.4. The molecular weight excluding hydrogens is 341 g/mol. The number of esters is 1. The average Bonchev–Trinajstić information content (AvgIpc) is 2.65. The predicted octanol–water partition coefficient (Wildman–Crippen LogP) is 2.25. The molecule has 2 aromatic rings. The summed E-state index contributed by atoms with van der Waals surface area (Å²) in [5.41, 5.74) is 1.29. The molecule has 1 amide bonds. The van der Waals surface area contributed by atoms with Crippen LogP contribution in [0, 0.1) is 5.82 Å². The van der Waals surface area contributed by atoms with Gasteiger partial charge in [-0.15, -0.1) is 0 Å². The molecule has 2 aromatic carbocycles. The maximum absolute atomic E-state index is 13.6. The van der Waals surface area contributed by atoms with Crippen LogP contribution in [-0.2, 0) is 27.3 Å². The lowest BCUT2D eigenvalue weighted by Crippen LogP contribution is -2.28. The Morgan fingerprint density at radius 1 is 1.04 bits per heavy atom. The molecule has 0 aliphatic rings. The Balaban J connectivity index is 1.76. The molecule has 0 fully saturated rings. The van der Waals surface area contributed by atoms with E-state index >= 15 is 0 Å². The second-order valence-electron chi connectivity index (χ2n) is 5.43. The highest BCUT2D eigenvalue weighted by molar-refractivity contribution is 5.81. The minimum Gasteiger partial charge on any atom is -0.497 e. The predicted molar refractivity (Wildman–Crippen MR) is 92.5 cm³/mol. The van der Waals surface area contributed by atoms with Gasteiger partial charge in [-0.25, -0.2) is 4.39 Å². The van der Waals surface area contributed by atoms with Crippen molar-refractivity contribution in [2.24, 2.45) is 0 Å². The van der Waals surface area contributed by atoms with Crippen molar-refractivity contribution in [2.45, 2.75) is 13.0 Å². The molecule has 0 atom stereocenters. The Bertz CT molecular complexity index is 778. The van der Waals surface area contributed by atoms with Crippen molar-refractivity contribution in [1.82, 2.24) is 5.32 Å². The van der Waals surface area contributed by atoms with Crippen LogP contribution in [0.25, 0.3) is 0 Å². The van der Waals surface area contributed by atoms with Gasteiger partial charge in [0.1, 0.15) is 5.75 Å². The molecule has 0 heterocycles. The number of hydrogen-bond acceptors (Lipinski definition) is 5. The van der Waals surface area contributed by atoms with E-state index in [4.69, 9.17) is 14.2 Å². The summed E-state index contributed by atoms with van der Waals surface area (Å²) in [5.74, 6) is -0.823. The van der Waals surface area contributed by atoms with E-state index in [1.165, 1.54) is 19.2 Å². The Labute approximate surface area is 150 Å². The lowest BCUT2D eigenvalue weighted by molar-refractivity contribution is -0.147. The number of amides is 1. The van der Waals surface area contributed by atoms with Gasteiger partial charge in [-0.3, -0.25) is 9.59 Å². The maximum atomic E-state index is 13.6. The first kappa shape index (κ1) is 19.2. The third kappa shape index (κ3) is 5.77. The normalized spacial score (nSPS) is 10.1. The van der Waals surface area contributed by atoms with Gasteiger partial charge in [0.15, 0.2) is 18.2 Å². The summed E-state index contributed by atoms with van der Waals surface area (Å²) in [6, 6.07) is 11.4. The zero-order chi connectivity index (χ0) is 18.9. The number of hydrogen-bond donors (Lipinski definition) is 1. The van der Waals surface area contributed by atoms with E-state index in [0.29, 0.717) is 11.3 Å². The number of halogens is 1. The summed E-state index contributed by atoms with van der Waals surface area (Å²) >= 11 is 0. The van der Waals surface area contributed by atoms with E-state index in [0.717, 1.165) is 5.56 Å². The van der Waals surface area contributed by atoms with Crippen LogP contribution in [0.2, 0.25) is 0 Å². The molecule has 138 valence electrons. The van der Waals surface area contributed by atoms with Crippen LogP contribution in [0.4, 0.5) is 4.39 Å². The van der Waals surface area contributed by atoms with E-state index in [2.05, 4.69) is 5.32 Å². The highest BCUT2D eigenvalue weighted by atomic mass is 19.1. The SMILES string of the molecule is COc1cccc(CNC(=O)COC(=O)Cc2ccc(OC)c(F)c2)c1. The zero-order valence-corrected chi connectivity index (χ0v) is 14.6. The first-order valence-electron chi connectivity index (χ1n) is 7.89. The van der Waals surface area contributed by atoms with Crippen LogP contribution < -0.4 is 14.8 Å². The van der Waals surface area contributed by atoms with Gasteiger partial charge in [-0.1, -0.05) is 18.2 Å². The van der Waals surface area contributed by atoms with Crippen LogP contribution >= 0.6 is 0 Å².